The predicted molar refractivity (Wildman–Crippen MR) is 99.2 cm³/mol. The molecule has 24 heavy (non-hydrogen) atoms. The van der Waals surface area contributed by atoms with Gasteiger partial charge in [-0.25, -0.2) is 4.98 Å². The molecule has 0 aliphatic rings. The van der Waals surface area contributed by atoms with Crippen LogP contribution in [0.5, 0.6) is 5.75 Å². The fourth-order valence-electron chi connectivity index (χ4n) is 2.27. The van der Waals surface area contributed by atoms with Crippen LogP contribution in [0, 0.1) is 6.92 Å². The van der Waals surface area contributed by atoms with Crippen LogP contribution < -0.4 is 10.1 Å². The van der Waals surface area contributed by atoms with E-state index in [0.717, 1.165) is 21.5 Å². The fraction of sp³-hybridized carbons (Fsp3) is 0.222. The van der Waals surface area contributed by atoms with Crippen LogP contribution in [-0.4, -0.2) is 17.5 Å². The van der Waals surface area contributed by atoms with Crippen LogP contribution in [0.25, 0.3) is 10.2 Å². The first-order valence-electron chi connectivity index (χ1n) is 7.66. The number of hydrogen-bond donors (Lipinski definition) is 1. The van der Waals surface area contributed by atoms with E-state index in [2.05, 4.69) is 10.3 Å². The highest BCUT2D eigenvalue weighted by molar-refractivity contribution is 7.22. The molecule has 0 fully saturated rings. The maximum atomic E-state index is 12.0. The van der Waals surface area contributed by atoms with E-state index in [1.54, 1.807) is 6.07 Å². The number of thiazole rings is 1. The Hall–Kier alpha value is -2.11. The molecule has 0 radical (unpaired) electrons. The van der Waals surface area contributed by atoms with Gasteiger partial charge >= 0.3 is 0 Å². The van der Waals surface area contributed by atoms with Crippen LogP contribution in [0.3, 0.4) is 0 Å². The summed E-state index contributed by atoms with van der Waals surface area (Å²) in [5.74, 6) is 0.800. The molecule has 3 aromatic rings. The molecule has 124 valence electrons. The highest BCUT2D eigenvalue weighted by Crippen LogP contribution is 2.28. The van der Waals surface area contributed by atoms with Crippen LogP contribution in [0.2, 0.25) is 5.02 Å². The Labute approximate surface area is 149 Å². The monoisotopic (exact) mass is 360 g/mol. The molecule has 0 saturated carbocycles. The average molecular weight is 361 g/mol. The predicted octanol–water partition coefficient (Wildman–Crippen LogP) is 5.06. The summed E-state index contributed by atoms with van der Waals surface area (Å²) in [5.41, 5.74) is 1.93. The van der Waals surface area contributed by atoms with Crippen molar-refractivity contribution in [2.24, 2.45) is 0 Å². The molecular formula is C18H17ClN2O2S. The summed E-state index contributed by atoms with van der Waals surface area (Å²) >= 11 is 7.38. The lowest BCUT2D eigenvalue weighted by Crippen LogP contribution is -2.12. The molecule has 1 amide bonds. The second-order valence-electron chi connectivity index (χ2n) is 5.40. The summed E-state index contributed by atoms with van der Waals surface area (Å²) in [6, 6.07) is 13.3. The maximum absolute atomic E-state index is 12.0. The minimum Gasteiger partial charge on any atom is -0.493 e. The van der Waals surface area contributed by atoms with Crippen LogP contribution in [-0.2, 0) is 4.79 Å². The van der Waals surface area contributed by atoms with Gasteiger partial charge in [0.2, 0.25) is 5.91 Å². The number of halogens is 1. The van der Waals surface area contributed by atoms with Crippen molar-refractivity contribution in [3.63, 3.8) is 0 Å². The largest absolute Gasteiger partial charge is 0.493 e. The minimum atomic E-state index is -0.0615. The van der Waals surface area contributed by atoms with Gasteiger partial charge in [0.05, 0.1) is 16.8 Å². The number of anilines is 1. The summed E-state index contributed by atoms with van der Waals surface area (Å²) in [4.78, 5) is 16.4. The van der Waals surface area contributed by atoms with Crippen LogP contribution in [0.4, 0.5) is 5.13 Å². The van der Waals surface area contributed by atoms with Gasteiger partial charge in [0.15, 0.2) is 5.13 Å². The third kappa shape index (κ3) is 4.24. The van der Waals surface area contributed by atoms with Gasteiger partial charge in [-0.05, 0) is 43.2 Å². The lowest BCUT2D eigenvalue weighted by molar-refractivity contribution is -0.116. The van der Waals surface area contributed by atoms with Gasteiger partial charge in [-0.3, -0.25) is 4.79 Å². The number of carbonyl (C=O) groups is 1. The SMILES string of the molecule is Cc1ccccc1OCCCC(=O)Nc1nc2ccc(Cl)cc2s1. The number of carbonyl (C=O) groups excluding carboxylic acids is 1. The van der Waals surface area contributed by atoms with Crippen LogP contribution >= 0.6 is 22.9 Å². The highest BCUT2D eigenvalue weighted by atomic mass is 35.5. The standard InChI is InChI=1S/C18H17ClN2O2S/c1-12-5-2-3-6-15(12)23-10-4-7-17(22)21-18-20-14-9-8-13(19)11-16(14)24-18/h2-3,5-6,8-9,11H,4,7,10H2,1H3,(H,20,21,22). The number of nitrogens with one attached hydrogen (secondary N) is 1. The number of aromatic nitrogens is 1. The van der Waals surface area contributed by atoms with E-state index in [9.17, 15) is 4.79 Å². The molecule has 0 atom stereocenters. The number of hydrogen-bond acceptors (Lipinski definition) is 4. The van der Waals surface area contributed by atoms with Gasteiger partial charge in [0, 0.05) is 11.4 Å². The van der Waals surface area contributed by atoms with Crippen molar-refractivity contribution in [3.05, 3.63) is 53.1 Å². The summed E-state index contributed by atoms with van der Waals surface area (Å²) in [5, 5.41) is 4.09. The molecule has 1 N–H and O–H groups in total. The topological polar surface area (TPSA) is 51.2 Å². The number of rotatable bonds is 6. The molecular weight excluding hydrogens is 344 g/mol. The number of ether oxygens (including phenoxy) is 1. The number of fused-ring (bicyclic) bond motifs is 1. The molecule has 1 heterocycles. The van der Waals surface area contributed by atoms with Gasteiger partial charge in [0.25, 0.3) is 0 Å². The molecule has 0 bridgehead atoms. The Kier molecular flexibility index (Phi) is 5.33. The number of nitrogens with zero attached hydrogens (tertiary/aromatic N) is 1. The Bertz CT molecular complexity index is 863. The van der Waals surface area contributed by atoms with Crippen molar-refractivity contribution < 1.29 is 9.53 Å². The second-order valence-corrected chi connectivity index (χ2v) is 6.86. The Balaban J connectivity index is 1.47. The second kappa shape index (κ2) is 7.64. The average Bonchev–Trinajstić information content (AvgIpc) is 2.94. The van der Waals surface area contributed by atoms with Crippen LogP contribution in [0.15, 0.2) is 42.5 Å². The van der Waals surface area contributed by atoms with E-state index in [4.69, 9.17) is 16.3 Å². The molecule has 0 aliphatic heterocycles. The quantitative estimate of drug-likeness (QED) is 0.625. The first kappa shape index (κ1) is 16.7. The van der Waals surface area contributed by atoms with E-state index in [1.165, 1.54) is 11.3 Å². The zero-order chi connectivity index (χ0) is 16.9. The van der Waals surface area contributed by atoms with Crippen molar-refractivity contribution in [3.8, 4) is 5.75 Å². The number of para-hydroxylation sites is 1. The molecule has 3 rings (SSSR count). The van der Waals surface area contributed by atoms with Gasteiger partial charge < -0.3 is 10.1 Å². The van der Waals surface area contributed by atoms with Gasteiger partial charge in [-0.1, -0.05) is 41.1 Å². The number of benzene rings is 2. The maximum Gasteiger partial charge on any atom is 0.226 e. The zero-order valence-corrected chi connectivity index (χ0v) is 14.8. The third-order valence-corrected chi connectivity index (χ3v) is 4.66. The zero-order valence-electron chi connectivity index (χ0n) is 13.2. The lowest BCUT2D eigenvalue weighted by atomic mass is 10.2. The molecule has 0 aliphatic carbocycles. The molecule has 1 aromatic heterocycles. The van der Waals surface area contributed by atoms with E-state index in [1.807, 2.05) is 43.3 Å². The van der Waals surface area contributed by atoms with Gasteiger partial charge in [-0.15, -0.1) is 0 Å². The van der Waals surface area contributed by atoms with E-state index < -0.39 is 0 Å². The molecule has 0 unspecified atom stereocenters. The molecule has 6 heteroatoms. The van der Waals surface area contributed by atoms with E-state index >= 15 is 0 Å². The van der Waals surface area contributed by atoms with Crippen LogP contribution in [0.1, 0.15) is 18.4 Å². The highest BCUT2D eigenvalue weighted by Gasteiger charge is 2.08. The molecule has 4 nitrogen and oxygen atoms in total. The smallest absolute Gasteiger partial charge is 0.226 e. The molecule has 2 aromatic carbocycles. The van der Waals surface area contributed by atoms with Crippen molar-refractivity contribution in [2.45, 2.75) is 19.8 Å². The Morgan fingerprint density at radius 2 is 2.12 bits per heavy atom. The van der Waals surface area contributed by atoms with Gasteiger partial charge in [0.1, 0.15) is 5.75 Å². The van der Waals surface area contributed by atoms with Gasteiger partial charge in [-0.2, -0.15) is 0 Å². The Morgan fingerprint density at radius 1 is 1.29 bits per heavy atom. The van der Waals surface area contributed by atoms with Crippen molar-refractivity contribution in [1.82, 2.24) is 4.98 Å². The number of aryl methyl sites for hydroxylation is 1. The summed E-state index contributed by atoms with van der Waals surface area (Å²) in [6.45, 7) is 2.51. The first-order valence-corrected chi connectivity index (χ1v) is 8.85. The molecule has 0 saturated heterocycles. The first-order chi connectivity index (χ1) is 11.6. The molecule has 0 spiro atoms. The fourth-order valence-corrected chi connectivity index (χ4v) is 3.43. The van der Waals surface area contributed by atoms with Crippen molar-refractivity contribution in [1.29, 1.82) is 0 Å². The van der Waals surface area contributed by atoms with Crippen molar-refractivity contribution >= 4 is 44.2 Å². The third-order valence-electron chi connectivity index (χ3n) is 3.50. The Morgan fingerprint density at radius 3 is 2.96 bits per heavy atom. The summed E-state index contributed by atoms with van der Waals surface area (Å²) < 4.78 is 6.65. The lowest BCUT2D eigenvalue weighted by Gasteiger charge is -2.08. The summed E-state index contributed by atoms with van der Waals surface area (Å²) in [7, 11) is 0. The minimum absolute atomic E-state index is 0.0615. The summed E-state index contributed by atoms with van der Waals surface area (Å²) in [6.07, 6.45) is 1.04. The van der Waals surface area contributed by atoms with Crippen molar-refractivity contribution in [2.75, 3.05) is 11.9 Å². The van der Waals surface area contributed by atoms with E-state index in [0.29, 0.717) is 29.6 Å². The van der Waals surface area contributed by atoms with E-state index in [-0.39, 0.29) is 5.91 Å². The normalized spacial score (nSPS) is 10.8. The number of amides is 1.